The van der Waals surface area contributed by atoms with Crippen molar-refractivity contribution in [2.75, 3.05) is 16.8 Å². The van der Waals surface area contributed by atoms with E-state index in [2.05, 4.69) is 18.3 Å². The van der Waals surface area contributed by atoms with Gasteiger partial charge in [-0.15, -0.1) is 11.3 Å². The monoisotopic (exact) mass is 393 g/mol. The second kappa shape index (κ2) is 7.76. The van der Waals surface area contributed by atoms with Gasteiger partial charge in [-0.05, 0) is 55.4 Å². The van der Waals surface area contributed by atoms with Crippen LogP contribution in [0.5, 0.6) is 0 Å². The Balaban J connectivity index is 1.48. The van der Waals surface area contributed by atoms with E-state index in [4.69, 9.17) is 0 Å². The zero-order chi connectivity index (χ0) is 19.7. The summed E-state index contributed by atoms with van der Waals surface area (Å²) in [5, 5.41) is 13.2. The number of hydrogen-bond donors (Lipinski definition) is 1. The zero-order valence-electron chi connectivity index (χ0n) is 16.0. The molecular weight excluding hydrogens is 370 g/mol. The number of carbonyl (C=O) groups excluding carboxylic acids is 2. The maximum Gasteiger partial charge on any atom is 0.230 e. The van der Waals surface area contributed by atoms with Crippen LogP contribution in [0.3, 0.4) is 0 Å². The van der Waals surface area contributed by atoms with Crippen LogP contribution in [0.4, 0.5) is 10.7 Å². The maximum atomic E-state index is 12.8. The van der Waals surface area contributed by atoms with Gasteiger partial charge in [-0.25, -0.2) is 0 Å². The number of nitrogens with one attached hydrogen (secondary N) is 1. The average Bonchev–Trinajstić information content (AvgIpc) is 3.28. The van der Waals surface area contributed by atoms with E-state index < -0.39 is 5.92 Å². The summed E-state index contributed by atoms with van der Waals surface area (Å²) < 4.78 is 0. The first-order chi connectivity index (χ1) is 13.6. The summed E-state index contributed by atoms with van der Waals surface area (Å²) in [6.45, 7) is 2.47. The molecule has 0 unspecified atom stereocenters. The summed E-state index contributed by atoms with van der Waals surface area (Å²) in [5.41, 5.74) is 3.77. The molecule has 2 aliphatic rings. The fraction of sp³-hybridized carbons (Fsp3) is 0.409. The molecule has 1 N–H and O–H groups in total. The molecule has 1 atom stereocenters. The van der Waals surface area contributed by atoms with Gasteiger partial charge in [0.1, 0.15) is 11.1 Å². The van der Waals surface area contributed by atoms with Gasteiger partial charge in [-0.1, -0.05) is 19.1 Å². The predicted octanol–water partition coefficient (Wildman–Crippen LogP) is 4.05. The minimum absolute atomic E-state index is 0.0321. The van der Waals surface area contributed by atoms with Gasteiger partial charge in [0.15, 0.2) is 0 Å². The highest BCUT2D eigenvalue weighted by Crippen LogP contribution is 2.38. The molecule has 1 aliphatic carbocycles. The molecule has 144 valence electrons. The summed E-state index contributed by atoms with van der Waals surface area (Å²) in [7, 11) is 0. The van der Waals surface area contributed by atoms with Crippen molar-refractivity contribution < 1.29 is 9.59 Å². The molecule has 1 aliphatic heterocycles. The van der Waals surface area contributed by atoms with E-state index in [1.807, 2.05) is 24.3 Å². The van der Waals surface area contributed by atoms with Crippen molar-refractivity contribution in [2.45, 2.75) is 45.4 Å². The summed E-state index contributed by atoms with van der Waals surface area (Å²) >= 11 is 1.52. The van der Waals surface area contributed by atoms with Crippen LogP contribution in [0.25, 0.3) is 0 Å². The fourth-order valence-electron chi connectivity index (χ4n) is 4.03. The molecule has 0 bridgehead atoms. The molecule has 0 radical (unpaired) electrons. The Labute approximate surface area is 169 Å². The smallest absolute Gasteiger partial charge is 0.230 e. The molecule has 28 heavy (non-hydrogen) atoms. The Bertz CT molecular complexity index is 955. The van der Waals surface area contributed by atoms with Crippen molar-refractivity contribution in [1.82, 2.24) is 0 Å². The fourth-order valence-corrected chi connectivity index (χ4v) is 5.27. The van der Waals surface area contributed by atoms with Gasteiger partial charge < -0.3 is 10.2 Å². The lowest BCUT2D eigenvalue weighted by Gasteiger charge is -2.17. The molecule has 5 nitrogen and oxygen atoms in total. The van der Waals surface area contributed by atoms with Crippen LogP contribution < -0.4 is 10.2 Å². The average molecular weight is 394 g/mol. The molecule has 1 aromatic heterocycles. The van der Waals surface area contributed by atoms with Crippen LogP contribution >= 0.6 is 11.3 Å². The van der Waals surface area contributed by atoms with Crippen molar-refractivity contribution in [1.29, 1.82) is 5.26 Å². The molecule has 2 amide bonds. The number of nitriles is 1. The number of thiophene rings is 1. The van der Waals surface area contributed by atoms with Gasteiger partial charge in [0.2, 0.25) is 11.8 Å². The van der Waals surface area contributed by atoms with Crippen molar-refractivity contribution in [3.05, 3.63) is 45.8 Å². The number of anilines is 2. The molecule has 2 aromatic rings. The van der Waals surface area contributed by atoms with Crippen molar-refractivity contribution >= 4 is 33.8 Å². The largest absolute Gasteiger partial charge is 0.316 e. The van der Waals surface area contributed by atoms with Crippen LogP contribution in [-0.2, 0) is 28.9 Å². The third-order valence-electron chi connectivity index (χ3n) is 5.67. The summed E-state index contributed by atoms with van der Waals surface area (Å²) in [6.07, 6.45) is 5.27. The number of rotatable bonds is 4. The Morgan fingerprint density at radius 3 is 2.75 bits per heavy atom. The molecule has 4 rings (SSSR count). The van der Waals surface area contributed by atoms with Crippen LogP contribution in [0.1, 0.15) is 47.8 Å². The van der Waals surface area contributed by atoms with E-state index in [-0.39, 0.29) is 18.2 Å². The van der Waals surface area contributed by atoms with Crippen molar-refractivity contribution in [3.8, 4) is 6.07 Å². The van der Waals surface area contributed by atoms with E-state index >= 15 is 0 Å². The lowest BCUT2D eigenvalue weighted by atomic mass is 9.96. The van der Waals surface area contributed by atoms with Crippen LogP contribution in [0.15, 0.2) is 24.3 Å². The van der Waals surface area contributed by atoms with Gasteiger partial charge in [-0.2, -0.15) is 5.26 Å². The molecule has 1 fully saturated rings. The second-order valence-electron chi connectivity index (χ2n) is 7.44. The maximum absolute atomic E-state index is 12.8. The lowest BCUT2D eigenvalue weighted by molar-refractivity contribution is -0.122. The third-order valence-corrected chi connectivity index (χ3v) is 6.88. The number of carbonyl (C=O) groups is 2. The van der Waals surface area contributed by atoms with Gasteiger partial charge in [-0.3, -0.25) is 9.59 Å². The zero-order valence-corrected chi connectivity index (χ0v) is 16.8. The number of hydrogen-bond acceptors (Lipinski definition) is 4. The molecule has 6 heteroatoms. The predicted molar refractivity (Wildman–Crippen MR) is 111 cm³/mol. The first-order valence-electron chi connectivity index (χ1n) is 9.85. The van der Waals surface area contributed by atoms with Crippen molar-refractivity contribution in [3.63, 3.8) is 0 Å². The van der Waals surface area contributed by atoms with E-state index in [0.717, 1.165) is 43.4 Å². The van der Waals surface area contributed by atoms with E-state index in [1.54, 1.807) is 4.90 Å². The summed E-state index contributed by atoms with van der Waals surface area (Å²) in [4.78, 5) is 28.2. The van der Waals surface area contributed by atoms with Crippen LogP contribution in [0, 0.1) is 17.2 Å². The highest BCUT2D eigenvalue weighted by Gasteiger charge is 2.36. The van der Waals surface area contributed by atoms with Gasteiger partial charge in [0, 0.05) is 23.5 Å². The number of aryl methyl sites for hydroxylation is 2. The second-order valence-corrected chi connectivity index (χ2v) is 8.55. The lowest BCUT2D eigenvalue weighted by Crippen LogP contribution is -2.28. The van der Waals surface area contributed by atoms with Gasteiger partial charge in [0.25, 0.3) is 0 Å². The SMILES string of the molecule is CCc1ccc(N2C[C@@H](C(=O)Nc3sc4c(c3C#N)CCCC4)CC2=O)cc1. The first-order valence-corrected chi connectivity index (χ1v) is 10.7. The summed E-state index contributed by atoms with van der Waals surface area (Å²) in [5.74, 6) is -0.601. The van der Waals surface area contributed by atoms with Crippen LogP contribution in [0.2, 0.25) is 0 Å². The molecule has 0 spiro atoms. The molecular formula is C22H23N3O2S. The minimum Gasteiger partial charge on any atom is -0.316 e. The third kappa shape index (κ3) is 3.43. The highest BCUT2D eigenvalue weighted by atomic mass is 32.1. The Morgan fingerprint density at radius 1 is 1.29 bits per heavy atom. The first kappa shape index (κ1) is 18.7. The van der Waals surface area contributed by atoms with E-state index in [0.29, 0.717) is 17.1 Å². The van der Waals surface area contributed by atoms with Gasteiger partial charge >= 0.3 is 0 Å². The van der Waals surface area contributed by atoms with E-state index in [9.17, 15) is 14.9 Å². The normalized spacial score (nSPS) is 18.6. The topological polar surface area (TPSA) is 73.2 Å². The molecule has 1 saturated heterocycles. The summed E-state index contributed by atoms with van der Waals surface area (Å²) in [6, 6.07) is 10.2. The van der Waals surface area contributed by atoms with Crippen molar-refractivity contribution in [2.24, 2.45) is 5.92 Å². The number of benzene rings is 1. The Kier molecular flexibility index (Phi) is 5.19. The standard InChI is InChI=1S/C22H23N3O2S/c1-2-14-7-9-16(10-8-14)25-13-15(11-20(25)26)21(27)24-22-18(12-23)17-5-3-4-6-19(17)28-22/h7-10,15H,2-6,11,13H2,1H3,(H,24,27)/t15-/m0/s1. The van der Waals surface area contributed by atoms with E-state index in [1.165, 1.54) is 21.8 Å². The van der Waals surface area contributed by atoms with Crippen LogP contribution in [-0.4, -0.2) is 18.4 Å². The minimum atomic E-state index is -0.399. The number of fused-ring (bicyclic) bond motifs is 1. The molecule has 2 heterocycles. The molecule has 0 saturated carbocycles. The van der Waals surface area contributed by atoms with Gasteiger partial charge in [0.05, 0.1) is 11.5 Å². The Hall–Kier alpha value is -2.65. The number of amides is 2. The quantitative estimate of drug-likeness (QED) is 0.851. The highest BCUT2D eigenvalue weighted by molar-refractivity contribution is 7.16. The number of nitrogens with zero attached hydrogens (tertiary/aromatic N) is 2. The Morgan fingerprint density at radius 2 is 2.04 bits per heavy atom. The molecule has 1 aromatic carbocycles.